The average molecular weight is 441 g/mol. The van der Waals surface area contributed by atoms with E-state index in [0.717, 1.165) is 6.07 Å². The topological polar surface area (TPSA) is 115 Å². The Hall–Kier alpha value is -3.17. The minimum absolute atomic E-state index is 0.0419. The minimum atomic E-state index is -1.27. The summed E-state index contributed by atoms with van der Waals surface area (Å²) in [7, 11) is 0. The molecule has 1 heterocycles. The molecule has 0 atom stereocenters. The molecule has 0 aliphatic rings. The number of alkyl carbamates (subject to hydrolysis) is 1. The van der Waals surface area contributed by atoms with Gasteiger partial charge in [-0.05, 0) is 52.2 Å². The van der Waals surface area contributed by atoms with Crippen molar-refractivity contribution in [3.05, 3.63) is 39.2 Å². The van der Waals surface area contributed by atoms with Crippen LogP contribution >= 0.6 is 0 Å². The van der Waals surface area contributed by atoms with E-state index in [1.165, 1.54) is 6.92 Å². The molecule has 0 fully saturated rings. The predicted molar refractivity (Wildman–Crippen MR) is 107 cm³/mol. The maximum absolute atomic E-state index is 14.7. The van der Waals surface area contributed by atoms with E-state index in [1.54, 1.807) is 20.8 Å². The smallest absolute Gasteiger partial charge is 0.407 e. The third kappa shape index (κ3) is 6.40. The third-order valence-electron chi connectivity index (χ3n) is 4.24. The first-order valence-corrected chi connectivity index (χ1v) is 9.66. The van der Waals surface area contributed by atoms with Crippen LogP contribution in [0.25, 0.3) is 11.0 Å². The maximum Gasteiger partial charge on any atom is 0.407 e. The van der Waals surface area contributed by atoms with Crippen LogP contribution in [0.5, 0.6) is 5.75 Å². The van der Waals surface area contributed by atoms with E-state index in [0.29, 0.717) is 19.4 Å². The molecule has 0 unspecified atom stereocenters. The molecule has 170 valence electrons. The SMILES string of the molecule is Cc1c(CC(=O)O)c(=O)oc2c(F)c(OCCCCNC(=O)OC(C)(C)C)c(F)cc12. The first kappa shape index (κ1) is 24.1. The van der Waals surface area contributed by atoms with Crippen molar-refractivity contribution in [2.45, 2.75) is 52.6 Å². The van der Waals surface area contributed by atoms with Crippen molar-refractivity contribution >= 4 is 23.0 Å². The van der Waals surface area contributed by atoms with Crippen molar-refractivity contribution in [3.63, 3.8) is 0 Å². The summed E-state index contributed by atoms with van der Waals surface area (Å²) in [5.74, 6) is -4.14. The number of nitrogens with one attached hydrogen (secondary N) is 1. The summed E-state index contributed by atoms with van der Waals surface area (Å²) in [6.45, 7) is 6.86. The van der Waals surface area contributed by atoms with Gasteiger partial charge in [0.15, 0.2) is 17.1 Å². The van der Waals surface area contributed by atoms with Gasteiger partial charge in [-0.25, -0.2) is 14.0 Å². The number of carboxylic acid groups (broad SMARTS) is 1. The lowest BCUT2D eigenvalue weighted by atomic mass is 10.0. The number of unbranched alkanes of at least 4 members (excludes halogenated alkanes) is 1. The number of carboxylic acids is 1. The van der Waals surface area contributed by atoms with Crippen molar-refractivity contribution in [1.29, 1.82) is 0 Å². The summed E-state index contributed by atoms with van der Waals surface area (Å²) in [5.41, 5.74) is -2.16. The van der Waals surface area contributed by atoms with Crippen LogP contribution in [0.3, 0.4) is 0 Å². The number of fused-ring (bicyclic) bond motifs is 1. The van der Waals surface area contributed by atoms with Crippen molar-refractivity contribution in [2.24, 2.45) is 0 Å². The number of carbonyl (C=O) groups excluding carboxylic acids is 1. The van der Waals surface area contributed by atoms with Crippen LogP contribution in [0.1, 0.15) is 44.7 Å². The van der Waals surface area contributed by atoms with E-state index in [-0.39, 0.29) is 23.1 Å². The van der Waals surface area contributed by atoms with Gasteiger partial charge in [0.05, 0.1) is 18.6 Å². The normalized spacial score (nSPS) is 11.4. The molecule has 0 radical (unpaired) electrons. The van der Waals surface area contributed by atoms with Crippen molar-refractivity contribution in [1.82, 2.24) is 5.32 Å². The van der Waals surface area contributed by atoms with E-state index in [9.17, 15) is 23.2 Å². The predicted octanol–water partition coefficient (Wildman–Crippen LogP) is 3.69. The lowest BCUT2D eigenvalue weighted by Crippen LogP contribution is -2.33. The second-order valence-electron chi connectivity index (χ2n) is 7.93. The summed E-state index contributed by atoms with van der Waals surface area (Å²) < 4.78 is 44.3. The lowest BCUT2D eigenvalue weighted by molar-refractivity contribution is -0.136. The third-order valence-corrected chi connectivity index (χ3v) is 4.24. The molecule has 0 saturated carbocycles. The van der Waals surface area contributed by atoms with Crippen LogP contribution < -0.4 is 15.7 Å². The minimum Gasteiger partial charge on any atom is -0.488 e. The molecule has 0 bridgehead atoms. The van der Waals surface area contributed by atoms with Gasteiger partial charge >= 0.3 is 17.7 Å². The summed E-state index contributed by atoms with van der Waals surface area (Å²) >= 11 is 0. The highest BCUT2D eigenvalue weighted by molar-refractivity contribution is 5.84. The number of carbonyl (C=O) groups is 2. The fourth-order valence-corrected chi connectivity index (χ4v) is 2.83. The molecule has 0 saturated heterocycles. The number of aliphatic carboxylic acids is 1. The van der Waals surface area contributed by atoms with Crippen LogP contribution in [0.15, 0.2) is 15.3 Å². The van der Waals surface area contributed by atoms with Crippen molar-refractivity contribution in [3.8, 4) is 5.75 Å². The molecule has 31 heavy (non-hydrogen) atoms. The number of hydrogen-bond donors (Lipinski definition) is 2. The second kappa shape index (κ2) is 9.76. The molecule has 1 aromatic carbocycles. The zero-order chi connectivity index (χ0) is 23.3. The van der Waals surface area contributed by atoms with Crippen LogP contribution in [0.4, 0.5) is 13.6 Å². The van der Waals surface area contributed by atoms with E-state index in [2.05, 4.69) is 5.32 Å². The quantitative estimate of drug-likeness (QED) is 0.474. The van der Waals surface area contributed by atoms with Gasteiger partial charge < -0.3 is 24.3 Å². The van der Waals surface area contributed by atoms with Gasteiger partial charge in [-0.2, -0.15) is 4.39 Å². The molecule has 1 aromatic heterocycles. The fraction of sp³-hybridized carbons (Fsp3) is 0.476. The molecular formula is C21H25F2NO7. The summed E-state index contributed by atoms with van der Waals surface area (Å²) in [4.78, 5) is 34.5. The largest absolute Gasteiger partial charge is 0.488 e. The van der Waals surface area contributed by atoms with Crippen LogP contribution in [-0.2, 0) is 16.0 Å². The molecular weight excluding hydrogens is 416 g/mol. The van der Waals surface area contributed by atoms with Gasteiger partial charge in [0.1, 0.15) is 5.60 Å². The Morgan fingerprint density at radius 3 is 2.52 bits per heavy atom. The first-order chi connectivity index (χ1) is 14.4. The number of amides is 1. The number of benzene rings is 1. The molecule has 0 aliphatic carbocycles. The highest BCUT2D eigenvalue weighted by Crippen LogP contribution is 2.31. The monoisotopic (exact) mass is 441 g/mol. The standard InChI is InChI=1S/C21H25F2NO7/c1-11-12-9-14(22)18(16(23)17(12)30-19(27)13(11)10-15(25)26)29-8-6-5-7-24-20(28)31-21(2,3)4/h9H,5-8,10H2,1-4H3,(H,24,28)(H,25,26). The fourth-order valence-electron chi connectivity index (χ4n) is 2.83. The Balaban J connectivity index is 2.04. The molecule has 0 aliphatic heterocycles. The van der Waals surface area contributed by atoms with Gasteiger partial charge in [0, 0.05) is 11.9 Å². The van der Waals surface area contributed by atoms with Crippen LogP contribution in [0.2, 0.25) is 0 Å². The molecule has 0 spiro atoms. The Bertz CT molecular complexity index is 1040. The van der Waals surface area contributed by atoms with Crippen molar-refractivity contribution in [2.75, 3.05) is 13.2 Å². The van der Waals surface area contributed by atoms with Gasteiger partial charge in [-0.15, -0.1) is 0 Å². The van der Waals surface area contributed by atoms with Gasteiger partial charge in [0.25, 0.3) is 0 Å². The second-order valence-corrected chi connectivity index (χ2v) is 7.93. The van der Waals surface area contributed by atoms with Crippen LogP contribution in [-0.4, -0.2) is 35.9 Å². The van der Waals surface area contributed by atoms with E-state index in [1.807, 2.05) is 0 Å². The highest BCUT2D eigenvalue weighted by atomic mass is 19.1. The van der Waals surface area contributed by atoms with Crippen molar-refractivity contribution < 1.29 is 37.4 Å². The molecule has 2 N–H and O–H groups in total. The molecule has 2 aromatic rings. The Morgan fingerprint density at radius 1 is 1.23 bits per heavy atom. The molecule has 2 rings (SSSR count). The molecule has 1 amide bonds. The summed E-state index contributed by atoms with van der Waals surface area (Å²) in [6, 6.07) is 0.946. The van der Waals surface area contributed by atoms with Crippen LogP contribution in [0, 0.1) is 18.6 Å². The van der Waals surface area contributed by atoms with Gasteiger partial charge in [0.2, 0.25) is 5.82 Å². The number of aryl methyl sites for hydroxylation is 1. The summed E-state index contributed by atoms with van der Waals surface area (Å²) in [6.07, 6.45) is -0.327. The van der Waals surface area contributed by atoms with E-state index in [4.69, 9.17) is 19.0 Å². The average Bonchev–Trinajstić information content (AvgIpc) is 2.63. The number of halogens is 2. The Labute approximate surface area is 177 Å². The molecule has 8 nitrogen and oxygen atoms in total. The lowest BCUT2D eigenvalue weighted by Gasteiger charge is -2.19. The molecule has 10 heteroatoms. The van der Waals surface area contributed by atoms with E-state index >= 15 is 0 Å². The Morgan fingerprint density at radius 2 is 1.90 bits per heavy atom. The summed E-state index contributed by atoms with van der Waals surface area (Å²) in [5, 5.41) is 11.4. The van der Waals surface area contributed by atoms with Gasteiger partial charge in [-0.1, -0.05) is 0 Å². The maximum atomic E-state index is 14.7. The highest BCUT2D eigenvalue weighted by Gasteiger charge is 2.22. The zero-order valence-corrected chi connectivity index (χ0v) is 17.8. The van der Waals surface area contributed by atoms with Gasteiger partial charge in [-0.3, -0.25) is 4.79 Å². The Kier molecular flexibility index (Phi) is 7.59. The first-order valence-electron chi connectivity index (χ1n) is 9.66. The van der Waals surface area contributed by atoms with E-state index < -0.39 is 52.7 Å². The number of rotatable bonds is 8. The number of hydrogen-bond acceptors (Lipinski definition) is 6. The zero-order valence-electron chi connectivity index (χ0n) is 17.8. The number of ether oxygens (including phenoxy) is 2.